The second-order valence-electron chi connectivity index (χ2n) is 6.54. The number of nitrogens with zero attached hydrogens (tertiary/aromatic N) is 4. The van der Waals surface area contributed by atoms with Crippen molar-refractivity contribution in [3.8, 4) is 0 Å². The van der Waals surface area contributed by atoms with E-state index < -0.39 is 27.0 Å². The van der Waals surface area contributed by atoms with Gasteiger partial charge in [0.05, 0.1) is 15.8 Å². The van der Waals surface area contributed by atoms with Crippen molar-refractivity contribution < 1.29 is 17.6 Å². The number of nitrogens with one attached hydrogen (secondary N) is 1. The lowest BCUT2D eigenvalue weighted by molar-refractivity contribution is -0.115. The summed E-state index contributed by atoms with van der Waals surface area (Å²) >= 11 is 6.80. The third kappa shape index (κ3) is 5.00. The maximum atomic E-state index is 13.9. The molecule has 31 heavy (non-hydrogen) atoms. The van der Waals surface area contributed by atoms with Gasteiger partial charge in [0, 0.05) is 24.3 Å². The molecule has 0 aliphatic rings. The van der Waals surface area contributed by atoms with Crippen molar-refractivity contribution in [3.63, 3.8) is 0 Å². The highest BCUT2D eigenvalue weighted by atomic mass is 35.5. The molecule has 0 fully saturated rings. The van der Waals surface area contributed by atoms with Crippen LogP contribution in [0.4, 0.5) is 10.1 Å². The van der Waals surface area contributed by atoms with Gasteiger partial charge in [-0.15, -0.1) is 10.2 Å². The monoisotopic (exact) mass is 485 g/mol. The van der Waals surface area contributed by atoms with Gasteiger partial charge in [0.25, 0.3) is 0 Å². The molecule has 1 unspecified atom stereocenters. The zero-order valence-corrected chi connectivity index (χ0v) is 19.4. The van der Waals surface area contributed by atoms with E-state index in [1.54, 1.807) is 26.8 Å². The van der Waals surface area contributed by atoms with E-state index in [9.17, 15) is 17.6 Å². The van der Waals surface area contributed by atoms with Crippen molar-refractivity contribution in [3.05, 3.63) is 47.4 Å². The number of amides is 1. The first kappa shape index (κ1) is 23.5. The second kappa shape index (κ2) is 9.51. The molecule has 0 saturated carbocycles. The number of thioether (sulfide) groups is 1. The molecule has 0 bridgehead atoms. The molecule has 0 aliphatic heterocycles. The Morgan fingerprint density at radius 3 is 2.61 bits per heavy atom. The molecule has 1 N–H and O–H groups in total. The van der Waals surface area contributed by atoms with E-state index in [0.29, 0.717) is 23.9 Å². The van der Waals surface area contributed by atoms with Crippen molar-refractivity contribution in [1.29, 1.82) is 0 Å². The molecule has 1 aromatic carbocycles. The van der Waals surface area contributed by atoms with E-state index in [0.717, 1.165) is 17.8 Å². The first-order chi connectivity index (χ1) is 14.7. The number of rotatable bonds is 8. The lowest BCUT2D eigenvalue weighted by Gasteiger charge is -2.18. The molecule has 166 valence electrons. The summed E-state index contributed by atoms with van der Waals surface area (Å²) in [4.78, 5) is 12.6. The Balaban J connectivity index is 1.83. The predicted molar refractivity (Wildman–Crippen MR) is 118 cm³/mol. The van der Waals surface area contributed by atoms with E-state index in [1.165, 1.54) is 33.1 Å². The van der Waals surface area contributed by atoms with Gasteiger partial charge in [0.2, 0.25) is 15.9 Å². The van der Waals surface area contributed by atoms with Crippen LogP contribution in [0.25, 0.3) is 5.65 Å². The predicted octanol–water partition coefficient (Wildman–Crippen LogP) is 3.67. The standard InChI is InChI=1S/C19H21ClFN5O3S2/c1-4-25(5-2)31(28,29)14-7-9-17-23-24-19(26(17)11-14)30-12(3)18(27)22-16-8-6-13(20)10-15(16)21/h6-12H,4-5H2,1-3H3,(H,22,27). The number of hydrogen-bond donors (Lipinski definition) is 1. The first-order valence-electron chi connectivity index (χ1n) is 9.44. The lowest BCUT2D eigenvalue weighted by Crippen LogP contribution is -2.30. The highest BCUT2D eigenvalue weighted by molar-refractivity contribution is 8.00. The number of benzene rings is 1. The molecule has 0 aliphatic carbocycles. The third-order valence-corrected chi connectivity index (χ3v) is 7.85. The zero-order chi connectivity index (χ0) is 22.8. The summed E-state index contributed by atoms with van der Waals surface area (Å²) < 4.78 is 42.5. The Labute approximate surface area is 188 Å². The molecule has 0 spiro atoms. The second-order valence-corrected chi connectivity index (χ2v) is 10.2. The SMILES string of the molecule is CCN(CC)S(=O)(=O)c1ccc2nnc(SC(C)C(=O)Nc3ccc(Cl)cc3F)n2c1. The van der Waals surface area contributed by atoms with Gasteiger partial charge in [-0.1, -0.05) is 37.2 Å². The molecule has 2 aromatic heterocycles. The average molecular weight is 486 g/mol. The van der Waals surface area contributed by atoms with Crippen molar-refractivity contribution in [2.75, 3.05) is 18.4 Å². The summed E-state index contributed by atoms with van der Waals surface area (Å²) in [7, 11) is -3.67. The van der Waals surface area contributed by atoms with Crippen LogP contribution in [0.1, 0.15) is 20.8 Å². The number of sulfonamides is 1. The molecule has 0 saturated heterocycles. The van der Waals surface area contributed by atoms with Gasteiger partial charge >= 0.3 is 0 Å². The fraction of sp³-hybridized carbons (Fsp3) is 0.316. The highest BCUT2D eigenvalue weighted by Gasteiger charge is 2.24. The minimum atomic E-state index is -3.67. The quantitative estimate of drug-likeness (QED) is 0.489. The van der Waals surface area contributed by atoms with Crippen molar-refractivity contribution in [1.82, 2.24) is 18.9 Å². The molecule has 3 aromatic rings. The van der Waals surface area contributed by atoms with Crippen LogP contribution in [-0.4, -0.2) is 51.6 Å². The van der Waals surface area contributed by atoms with E-state index >= 15 is 0 Å². The lowest BCUT2D eigenvalue weighted by atomic mass is 10.3. The minimum absolute atomic E-state index is 0.0144. The average Bonchev–Trinajstić information content (AvgIpc) is 3.12. The number of pyridine rings is 1. The van der Waals surface area contributed by atoms with Gasteiger partial charge in [-0.25, -0.2) is 12.8 Å². The van der Waals surface area contributed by atoms with E-state index in [-0.39, 0.29) is 15.6 Å². The zero-order valence-electron chi connectivity index (χ0n) is 17.0. The summed E-state index contributed by atoms with van der Waals surface area (Å²) in [6, 6.07) is 7.00. The summed E-state index contributed by atoms with van der Waals surface area (Å²) in [5, 5.41) is 10.5. The van der Waals surface area contributed by atoms with Crippen LogP contribution in [-0.2, 0) is 14.8 Å². The van der Waals surface area contributed by atoms with E-state index in [2.05, 4.69) is 15.5 Å². The van der Waals surface area contributed by atoms with Crippen molar-refractivity contribution in [2.45, 2.75) is 36.1 Å². The Morgan fingerprint density at radius 2 is 1.97 bits per heavy atom. The number of halogens is 2. The van der Waals surface area contributed by atoms with Crippen molar-refractivity contribution >= 4 is 50.6 Å². The number of aromatic nitrogens is 3. The molecule has 1 atom stereocenters. The smallest absolute Gasteiger partial charge is 0.244 e. The Hall–Kier alpha value is -2.21. The topological polar surface area (TPSA) is 96.7 Å². The number of carbonyl (C=O) groups is 1. The summed E-state index contributed by atoms with van der Waals surface area (Å²) in [5.41, 5.74) is 0.456. The van der Waals surface area contributed by atoms with Crippen LogP contribution < -0.4 is 5.32 Å². The molecule has 1 amide bonds. The van der Waals surface area contributed by atoms with E-state index in [1.807, 2.05) is 0 Å². The van der Waals surface area contributed by atoms with Crippen molar-refractivity contribution in [2.24, 2.45) is 0 Å². The number of hydrogen-bond acceptors (Lipinski definition) is 6. The molecular formula is C19H21ClFN5O3S2. The highest BCUT2D eigenvalue weighted by Crippen LogP contribution is 2.26. The summed E-state index contributed by atoms with van der Waals surface area (Å²) in [5.74, 6) is -1.09. The van der Waals surface area contributed by atoms with Gasteiger partial charge in [0.1, 0.15) is 5.82 Å². The van der Waals surface area contributed by atoms with Gasteiger partial charge in [-0.3, -0.25) is 9.20 Å². The molecule has 2 heterocycles. The summed E-state index contributed by atoms with van der Waals surface area (Å²) in [6.07, 6.45) is 1.44. The van der Waals surface area contributed by atoms with E-state index in [4.69, 9.17) is 11.6 Å². The number of fused-ring (bicyclic) bond motifs is 1. The largest absolute Gasteiger partial charge is 0.323 e. The first-order valence-corrected chi connectivity index (χ1v) is 12.1. The van der Waals surface area contributed by atoms with Crippen LogP contribution in [0, 0.1) is 5.82 Å². The van der Waals surface area contributed by atoms with Gasteiger partial charge in [-0.05, 0) is 37.3 Å². The maximum absolute atomic E-state index is 13.9. The fourth-order valence-corrected chi connectivity index (χ4v) is 5.28. The molecule has 12 heteroatoms. The van der Waals surface area contributed by atoms with Crippen LogP contribution in [0.3, 0.4) is 0 Å². The minimum Gasteiger partial charge on any atom is -0.323 e. The molecule has 0 radical (unpaired) electrons. The third-order valence-electron chi connectivity index (χ3n) is 4.53. The fourth-order valence-electron chi connectivity index (χ4n) is 2.83. The maximum Gasteiger partial charge on any atom is 0.244 e. The van der Waals surface area contributed by atoms with Crippen LogP contribution in [0.15, 0.2) is 46.6 Å². The normalized spacial score (nSPS) is 13.0. The van der Waals surface area contributed by atoms with Crippen LogP contribution in [0.5, 0.6) is 0 Å². The number of carbonyl (C=O) groups excluding carboxylic acids is 1. The Kier molecular flexibility index (Phi) is 7.20. The Bertz CT molecular complexity index is 1210. The van der Waals surface area contributed by atoms with Crippen LogP contribution >= 0.6 is 23.4 Å². The molecule has 8 nitrogen and oxygen atoms in total. The molecular weight excluding hydrogens is 465 g/mol. The van der Waals surface area contributed by atoms with Gasteiger partial charge in [0.15, 0.2) is 10.8 Å². The van der Waals surface area contributed by atoms with Gasteiger partial charge in [-0.2, -0.15) is 4.31 Å². The molecule has 3 rings (SSSR count). The summed E-state index contributed by atoms with van der Waals surface area (Å²) in [6.45, 7) is 5.86. The number of anilines is 1. The Morgan fingerprint density at radius 1 is 1.26 bits per heavy atom. The van der Waals surface area contributed by atoms with Gasteiger partial charge < -0.3 is 5.32 Å². The van der Waals surface area contributed by atoms with Crippen LogP contribution in [0.2, 0.25) is 5.02 Å².